The Balaban J connectivity index is 1.43. The number of halogens is 1. The maximum atomic E-state index is 12.8. The van der Waals surface area contributed by atoms with E-state index < -0.39 is 0 Å². The summed E-state index contributed by atoms with van der Waals surface area (Å²) in [5, 5.41) is 2.84. The number of aromatic amines is 1. The molecular weight excluding hydrogens is 293 g/mol. The monoisotopic (exact) mass is 311 g/mol. The Bertz CT molecular complexity index is 762. The van der Waals surface area contributed by atoms with Crippen LogP contribution in [0.5, 0.6) is 0 Å². The fourth-order valence-electron chi connectivity index (χ4n) is 2.43. The molecule has 0 fully saturated rings. The molecule has 0 spiro atoms. The van der Waals surface area contributed by atoms with Gasteiger partial charge in [0, 0.05) is 19.4 Å². The van der Waals surface area contributed by atoms with E-state index in [1.807, 2.05) is 24.3 Å². The van der Waals surface area contributed by atoms with Crippen LogP contribution >= 0.6 is 0 Å². The van der Waals surface area contributed by atoms with Gasteiger partial charge in [0.05, 0.1) is 11.0 Å². The first-order valence-corrected chi connectivity index (χ1v) is 7.65. The molecule has 2 N–H and O–H groups in total. The van der Waals surface area contributed by atoms with E-state index in [4.69, 9.17) is 0 Å². The van der Waals surface area contributed by atoms with Crippen molar-refractivity contribution in [1.29, 1.82) is 0 Å². The van der Waals surface area contributed by atoms with Gasteiger partial charge in [0.2, 0.25) is 5.91 Å². The highest BCUT2D eigenvalue weighted by Crippen LogP contribution is 2.12. The van der Waals surface area contributed by atoms with Crippen LogP contribution < -0.4 is 5.32 Å². The Morgan fingerprint density at radius 3 is 2.70 bits per heavy atom. The molecule has 1 amide bonds. The second-order valence-electron chi connectivity index (χ2n) is 5.46. The van der Waals surface area contributed by atoms with E-state index in [0.29, 0.717) is 13.0 Å². The molecule has 23 heavy (non-hydrogen) atoms. The smallest absolute Gasteiger partial charge is 0.220 e. The molecule has 3 aromatic rings. The van der Waals surface area contributed by atoms with Crippen molar-refractivity contribution in [2.45, 2.75) is 25.8 Å². The molecule has 0 saturated heterocycles. The van der Waals surface area contributed by atoms with Crippen LogP contribution in [0.25, 0.3) is 11.0 Å². The number of imidazole rings is 1. The van der Waals surface area contributed by atoms with Crippen molar-refractivity contribution in [2.24, 2.45) is 0 Å². The Kier molecular flexibility index (Phi) is 4.66. The van der Waals surface area contributed by atoms with E-state index in [9.17, 15) is 9.18 Å². The number of para-hydroxylation sites is 2. The molecule has 0 aliphatic carbocycles. The normalized spacial score (nSPS) is 10.8. The van der Waals surface area contributed by atoms with Crippen LogP contribution in [0.15, 0.2) is 48.5 Å². The number of hydrogen-bond acceptors (Lipinski definition) is 2. The minimum absolute atomic E-state index is 0.00886. The molecule has 0 saturated carbocycles. The molecular formula is C18H18FN3O. The van der Waals surface area contributed by atoms with Crippen molar-refractivity contribution in [3.05, 3.63) is 65.7 Å². The second kappa shape index (κ2) is 7.05. The van der Waals surface area contributed by atoms with Gasteiger partial charge in [-0.15, -0.1) is 0 Å². The summed E-state index contributed by atoms with van der Waals surface area (Å²) in [5.74, 6) is 0.619. The first-order chi connectivity index (χ1) is 11.2. The molecule has 0 radical (unpaired) electrons. The number of H-pyrrole nitrogens is 1. The van der Waals surface area contributed by atoms with E-state index >= 15 is 0 Å². The molecule has 1 aromatic heterocycles. The predicted octanol–water partition coefficient (Wildman–Crippen LogP) is 3.34. The summed E-state index contributed by atoms with van der Waals surface area (Å²) in [5.41, 5.74) is 2.85. The first kappa shape index (κ1) is 15.2. The summed E-state index contributed by atoms with van der Waals surface area (Å²) in [6.45, 7) is 0.420. The van der Waals surface area contributed by atoms with E-state index in [1.165, 1.54) is 12.1 Å². The lowest BCUT2D eigenvalue weighted by atomic mass is 10.2. The number of aryl methyl sites for hydroxylation is 1. The average Bonchev–Trinajstić information content (AvgIpc) is 2.97. The number of aromatic nitrogens is 2. The van der Waals surface area contributed by atoms with Gasteiger partial charge in [-0.1, -0.05) is 24.3 Å². The number of carbonyl (C=O) groups excluding carboxylic acids is 1. The van der Waals surface area contributed by atoms with Gasteiger partial charge in [-0.05, 0) is 36.2 Å². The number of benzene rings is 2. The molecule has 118 valence electrons. The molecule has 0 atom stereocenters. The summed E-state index contributed by atoms with van der Waals surface area (Å²) in [7, 11) is 0. The number of fused-ring (bicyclic) bond motifs is 1. The minimum atomic E-state index is -0.272. The van der Waals surface area contributed by atoms with Crippen LogP contribution in [0.1, 0.15) is 24.2 Å². The molecule has 0 aliphatic heterocycles. The van der Waals surface area contributed by atoms with E-state index in [1.54, 1.807) is 12.1 Å². The fraction of sp³-hybridized carbons (Fsp3) is 0.222. The Morgan fingerprint density at radius 2 is 1.91 bits per heavy atom. The Morgan fingerprint density at radius 1 is 1.13 bits per heavy atom. The van der Waals surface area contributed by atoms with Crippen LogP contribution in [0, 0.1) is 5.82 Å². The average molecular weight is 311 g/mol. The van der Waals surface area contributed by atoms with Crippen molar-refractivity contribution < 1.29 is 9.18 Å². The second-order valence-corrected chi connectivity index (χ2v) is 5.46. The van der Waals surface area contributed by atoms with E-state index in [2.05, 4.69) is 15.3 Å². The van der Waals surface area contributed by atoms with Crippen molar-refractivity contribution in [3.63, 3.8) is 0 Å². The third kappa shape index (κ3) is 4.16. The maximum Gasteiger partial charge on any atom is 0.220 e. The number of nitrogens with zero attached hydrogens (tertiary/aromatic N) is 1. The summed E-state index contributed by atoms with van der Waals surface area (Å²) < 4.78 is 12.8. The number of hydrogen-bond donors (Lipinski definition) is 2. The number of carbonyl (C=O) groups is 1. The Hall–Kier alpha value is -2.69. The molecule has 2 aromatic carbocycles. The first-order valence-electron chi connectivity index (χ1n) is 7.65. The minimum Gasteiger partial charge on any atom is -0.352 e. The number of rotatable bonds is 6. The largest absolute Gasteiger partial charge is 0.352 e. The molecule has 4 nitrogen and oxygen atoms in total. The summed E-state index contributed by atoms with van der Waals surface area (Å²) in [6, 6.07) is 14.0. The SMILES string of the molecule is O=C(CCCc1nc2ccccc2[nH]1)NCc1ccc(F)cc1. The van der Waals surface area contributed by atoms with Gasteiger partial charge >= 0.3 is 0 Å². The molecule has 3 rings (SSSR count). The van der Waals surface area contributed by atoms with Crippen molar-refractivity contribution in [3.8, 4) is 0 Å². The molecule has 0 unspecified atom stereocenters. The zero-order valence-corrected chi connectivity index (χ0v) is 12.7. The van der Waals surface area contributed by atoms with Gasteiger partial charge in [-0.2, -0.15) is 0 Å². The molecule has 1 heterocycles. The number of amides is 1. The van der Waals surface area contributed by atoms with E-state index in [0.717, 1.165) is 35.3 Å². The highest BCUT2D eigenvalue weighted by molar-refractivity contribution is 5.76. The lowest BCUT2D eigenvalue weighted by Gasteiger charge is -2.05. The zero-order chi connectivity index (χ0) is 16.1. The molecule has 0 bridgehead atoms. The molecule has 0 aliphatic rings. The highest BCUT2D eigenvalue weighted by Gasteiger charge is 2.05. The third-order valence-electron chi connectivity index (χ3n) is 3.66. The topological polar surface area (TPSA) is 57.8 Å². The van der Waals surface area contributed by atoms with Gasteiger partial charge in [0.1, 0.15) is 11.6 Å². The van der Waals surface area contributed by atoms with Crippen LogP contribution in [0.4, 0.5) is 4.39 Å². The van der Waals surface area contributed by atoms with Gasteiger partial charge in [0.15, 0.2) is 0 Å². The predicted molar refractivity (Wildman–Crippen MR) is 87.3 cm³/mol. The molecule has 5 heteroatoms. The van der Waals surface area contributed by atoms with Crippen molar-refractivity contribution in [1.82, 2.24) is 15.3 Å². The van der Waals surface area contributed by atoms with Crippen molar-refractivity contribution in [2.75, 3.05) is 0 Å². The van der Waals surface area contributed by atoms with Crippen LogP contribution in [0.2, 0.25) is 0 Å². The Labute approximate surface area is 133 Å². The van der Waals surface area contributed by atoms with Crippen LogP contribution in [-0.2, 0) is 17.8 Å². The van der Waals surface area contributed by atoms with Gasteiger partial charge < -0.3 is 10.3 Å². The van der Waals surface area contributed by atoms with Crippen molar-refractivity contribution >= 4 is 16.9 Å². The quantitative estimate of drug-likeness (QED) is 0.733. The van der Waals surface area contributed by atoms with Gasteiger partial charge in [0.25, 0.3) is 0 Å². The summed E-state index contributed by atoms with van der Waals surface area (Å²) in [6.07, 6.45) is 1.91. The van der Waals surface area contributed by atoms with Gasteiger partial charge in [-0.25, -0.2) is 9.37 Å². The maximum absolute atomic E-state index is 12.8. The summed E-state index contributed by atoms with van der Waals surface area (Å²) in [4.78, 5) is 19.6. The van der Waals surface area contributed by atoms with Crippen LogP contribution in [0.3, 0.4) is 0 Å². The lowest BCUT2D eigenvalue weighted by molar-refractivity contribution is -0.121. The van der Waals surface area contributed by atoms with Crippen LogP contribution in [-0.4, -0.2) is 15.9 Å². The van der Waals surface area contributed by atoms with Gasteiger partial charge in [-0.3, -0.25) is 4.79 Å². The highest BCUT2D eigenvalue weighted by atomic mass is 19.1. The lowest BCUT2D eigenvalue weighted by Crippen LogP contribution is -2.22. The summed E-state index contributed by atoms with van der Waals surface area (Å²) >= 11 is 0. The zero-order valence-electron chi connectivity index (χ0n) is 12.7. The fourth-order valence-corrected chi connectivity index (χ4v) is 2.43. The van der Waals surface area contributed by atoms with E-state index in [-0.39, 0.29) is 11.7 Å². The third-order valence-corrected chi connectivity index (χ3v) is 3.66. The standard InChI is InChI=1S/C18H18FN3O/c19-14-10-8-13(9-11-14)12-20-18(23)7-3-6-17-21-15-4-1-2-5-16(15)22-17/h1-2,4-5,8-11H,3,6-7,12H2,(H,20,23)(H,21,22). The number of nitrogens with one attached hydrogen (secondary N) is 2.